The Kier molecular flexibility index (Phi) is 9.15. The summed E-state index contributed by atoms with van der Waals surface area (Å²) in [6, 6.07) is 3.26. The maximum Gasteiger partial charge on any atom is 0.303 e. The molecule has 34 heavy (non-hydrogen) atoms. The van der Waals surface area contributed by atoms with E-state index in [4.69, 9.17) is 25.8 Å². The highest BCUT2D eigenvalue weighted by Crippen LogP contribution is 2.43. The minimum Gasteiger partial charge on any atom is -0.481 e. The molecule has 1 aromatic rings. The number of aliphatic carboxylic acids is 3. The summed E-state index contributed by atoms with van der Waals surface area (Å²) in [7, 11) is 0. The molecule has 0 saturated carbocycles. The van der Waals surface area contributed by atoms with Gasteiger partial charge in [-0.25, -0.2) is 0 Å². The molecule has 0 unspecified atom stereocenters. The summed E-state index contributed by atoms with van der Waals surface area (Å²) in [5.41, 5.74) is -0.331. The number of non-ortho nitro benzene ring substituents is 1. The van der Waals surface area contributed by atoms with Gasteiger partial charge in [-0.05, 0) is 12.0 Å². The van der Waals surface area contributed by atoms with Crippen LogP contribution >= 0.6 is 11.6 Å². The number of benzene rings is 1. The van der Waals surface area contributed by atoms with E-state index in [0.717, 1.165) is 25.1 Å². The molecule has 0 aliphatic carbocycles. The van der Waals surface area contributed by atoms with E-state index in [1.54, 1.807) is 0 Å². The first-order valence-corrected chi connectivity index (χ1v) is 10.3. The lowest BCUT2D eigenvalue weighted by molar-refractivity contribution is -0.384. The van der Waals surface area contributed by atoms with Crippen LogP contribution in [0.3, 0.4) is 0 Å². The van der Waals surface area contributed by atoms with Crippen molar-refractivity contribution in [3.05, 3.63) is 33.3 Å². The van der Waals surface area contributed by atoms with Gasteiger partial charge in [0.25, 0.3) is 5.69 Å². The Bertz CT molecular complexity index is 967. The van der Waals surface area contributed by atoms with Crippen LogP contribution in [0.15, 0.2) is 18.2 Å². The van der Waals surface area contributed by atoms with Crippen LogP contribution in [-0.2, 0) is 28.7 Å². The fourth-order valence-corrected chi connectivity index (χ4v) is 4.13. The number of esters is 1. The van der Waals surface area contributed by atoms with Crippen molar-refractivity contribution in [2.75, 3.05) is 6.61 Å². The van der Waals surface area contributed by atoms with Gasteiger partial charge < -0.3 is 29.5 Å². The van der Waals surface area contributed by atoms with E-state index in [0.29, 0.717) is 0 Å². The first-order chi connectivity index (χ1) is 15.9. The van der Waals surface area contributed by atoms with Crippen molar-refractivity contribution < 1.29 is 53.6 Å². The van der Waals surface area contributed by atoms with Crippen LogP contribution in [0.5, 0.6) is 5.75 Å². The maximum absolute atomic E-state index is 11.6. The molecule has 1 heterocycles. The van der Waals surface area contributed by atoms with E-state index in [9.17, 15) is 44.6 Å². The van der Waals surface area contributed by atoms with E-state index in [1.165, 1.54) is 0 Å². The summed E-state index contributed by atoms with van der Waals surface area (Å²) in [4.78, 5) is 56.2. The lowest BCUT2D eigenvalue weighted by atomic mass is 9.71. The number of nitro groups is 1. The van der Waals surface area contributed by atoms with Crippen LogP contribution in [0.1, 0.15) is 26.2 Å². The van der Waals surface area contributed by atoms with Crippen molar-refractivity contribution >= 4 is 41.2 Å². The number of rotatable bonds is 11. The second-order valence-corrected chi connectivity index (χ2v) is 8.03. The third-order valence-corrected chi connectivity index (χ3v) is 5.58. The molecule has 1 aliphatic rings. The molecule has 1 aliphatic heterocycles. The molecule has 0 radical (unpaired) electrons. The van der Waals surface area contributed by atoms with Gasteiger partial charge >= 0.3 is 23.9 Å². The standard InChI is InChI=1S/C20H22ClNO12/c1-9(23)32-8-16-12(6-18(26)27)11(5-17(24)25)13(7-19(28)29)20(34-16)33-15-3-2-10(22(30)31)4-14(15)21/h2-4,11-13,16,20H,5-8H2,1H3,(H,24,25)(H,26,27)(H,28,29)/t11-,12-,13+,16-,20+/m0/s1. The van der Waals surface area contributed by atoms with Crippen LogP contribution in [0.25, 0.3) is 0 Å². The quantitative estimate of drug-likeness (QED) is 0.226. The Morgan fingerprint density at radius 1 is 1.03 bits per heavy atom. The highest BCUT2D eigenvalue weighted by Gasteiger charge is 2.49. The number of nitrogens with zero attached hydrogens (tertiary/aromatic N) is 1. The third kappa shape index (κ3) is 7.28. The van der Waals surface area contributed by atoms with Crippen LogP contribution < -0.4 is 4.74 Å². The van der Waals surface area contributed by atoms with E-state index in [1.807, 2.05) is 0 Å². The highest BCUT2D eigenvalue weighted by molar-refractivity contribution is 6.32. The van der Waals surface area contributed by atoms with Gasteiger partial charge in [-0.1, -0.05) is 11.6 Å². The van der Waals surface area contributed by atoms with E-state index in [2.05, 4.69) is 0 Å². The van der Waals surface area contributed by atoms with E-state index in [-0.39, 0.29) is 16.5 Å². The number of hydrogen-bond donors (Lipinski definition) is 3. The monoisotopic (exact) mass is 503 g/mol. The van der Waals surface area contributed by atoms with Crippen molar-refractivity contribution in [2.24, 2.45) is 17.8 Å². The molecular weight excluding hydrogens is 482 g/mol. The topological polar surface area (TPSA) is 200 Å². The Morgan fingerprint density at radius 3 is 2.09 bits per heavy atom. The van der Waals surface area contributed by atoms with Crippen LogP contribution in [-0.4, -0.2) is 63.1 Å². The molecule has 5 atom stereocenters. The summed E-state index contributed by atoms with van der Waals surface area (Å²) in [6.07, 6.45) is -4.40. The number of ether oxygens (including phenoxy) is 3. The number of halogens is 1. The van der Waals surface area contributed by atoms with Gasteiger partial charge in [0.05, 0.1) is 28.9 Å². The average Bonchev–Trinajstić information content (AvgIpc) is 2.71. The van der Waals surface area contributed by atoms with Crippen molar-refractivity contribution in [1.82, 2.24) is 0 Å². The zero-order valence-electron chi connectivity index (χ0n) is 17.8. The van der Waals surface area contributed by atoms with E-state index < -0.39 is 84.8 Å². The van der Waals surface area contributed by atoms with Crippen molar-refractivity contribution in [3.8, 4) is 5.75 Å². The molecule has 186 valence electrons. The molecule has 13 nitrogen and oxygen atoms in total. The number of hydrogen-bond acceptors (Lipinski definition) is 9. The predicted octanol–water partition coefficient (Wildman–Crippen LogP) is 2.19. The minimum absolute atomic E-state index is 0.107. The van der Waals surface area contributed by atoms with Crippen LogP contribution in [0.4, 0.5) is 5.69 Å². The smallest absolute Gasteiger partial charge is 0.303 e. The van der Waals surface area contributed by atoms with Crippen molar-refractivity contribution in [1.29, 1.82) is 0 Å². The second-order valence-electron chi connectivity index (χ2n) is 7.62. The van der Waals surface area contributed by atoms with Crippen molar-refractivity contribution in [3.63, 3.8) is 0 Å². The molecule has 1 aromatic carbocycles. The van der Waals surface area contributed by atoms with Crippen LogP contribution in [0.2, 0.25) is 5.02 Å². The Hall–Kier alpha value is -3.45. The van der Waals surface area contributed by atoms with Gasteiger partial charge in [-0.2, -0.15) is 0 Å². The first kappa shape index (κ1) is 26.8. The summed E-state index contributed by atoms with van der Waals surface area (Å²) < 4.78 is 16.5. The molecular formula is C20H22ClNO12. The van der Waals surface area contributed by atoms with Gasteiger partial charge in [-0.15, -0.1) is 0 Å². The number of nitro benzene ring substituents is 1. The molecule has 3 N–H and O–H groups in total. The Labute approximate surface area is 197 Å². The predicted molar refractivity (Wildman–Crippen MR) is 111 cm³/mol. The lowest BCUT2D eigenvalue weighted by Gasteiger charge is -2.45. The first-order valence-electron chi connectivity index (χ1n) is 9.93. The third-order valence-electron chi connectivity index (χ3n) is 5.29. The molecule has 2 rings (SSSR count). The number of carboxylic acid groups (broad SMARTS) is 3. The molecule has 1 fully saturated rings. The van der Waals surface area contributed by atoms with Gasteiger partial charge in [0.1, 0.15) is 12.4 Å². The molecule has 0 amide bonds. The lowest BCUT2D eigenvalue weighted by Crippen LogP contribution is -2.53. The summed E-state index contributed by atoms with van der Waals surface area (Å²) >= 11 is 6.06. The molecule has 0 aromatic heterocycles. The number of carbonyl (C=O) groups is 4. The van der Waals surface area contributed by atoms with Gasteiger partial charge in [0, 0.05) is 37.3 Å². The molecule has 1 saturated heterocycles. The Morgan fingerprint density at radius 2 is 1.59 bits per heavy atom. The fraction of sp³-hybridized carbons (Fsp3) is 0.500. The maximum atomic E-state index is 11.6. The number of carboxylic acids is 3. The van der Waals surface area contributed by atoms with Gasteiger partial charge in [0.15, 0.2) is 0 Å². The average molecular weight is 504 g/mol. The zero-order chi connectivity index (χ0) is 25.6. The zero-order valence-corrected chi connectivity index (χ0v) is 18.5. The molecule has 14 heteroatoms. The van der Waals surface area contributed by atoms with Gasteiger partial charge in [0.2, 0.25) is 6.29 Å². The van der Waals surface area contributed by atoms with Crippen LogP contribution in [0, 0.1) is 27.9 Å². The SMILES string of the molecule is CC(=O)OC[C@@H]1O[C@@H](Oc2ccc([N+](=O)[O-])cc2Cl)[C@H](CC(=O)O)[C@@H](CC(=O)O)[C@@H]1CC(=O)O. The normalized spacial score (nSPS) is 24.1. The van der Waals surface area contributed by atoms with E-state index >= 15 is 0 Å². The highest BCUT2D eigenvalue weighted by atomic mass is 35.5. The molecule has 0 spiro atoms. The summed E-state index contributed by atoms with van der Waals surface area (Å²) in [5.74, 6) is -7.94. The van der Waals surface area contributed by atoms with Crippen molar-refractivity contribution in [2.45, 2.75) is 38.6 Å². The largest absolute Gasteiger partial charge is 0.481 e. The second kappa shape index (κ2) is 11.6. The molecule has 0 bridgehead atoms. The van der Waals surface area contributed by atoms with Gasteiger partial charge in [-0.3, -0.25) is 29.3 Å². The Balaban J connectivity index is 2.49. The summed E-state index contributed by atoms with van der Waals surface area (Å²) in [6.45, 7) is 0.679. The fourth-order valence-electron chi connectivity index (χ4n) is 3.91. The number of carbonyl (C=O) groups excluding carboxylic acids is 1. The minimum atomic E-state index is -1.44. The summed E-state index contributed by atoms with van der Waals surface area (Å²) in [5, 5.41) is 39.0.